The molecule has 0 fully saturated rings. The second kappa shape index (κ2) is 7.63. The number of carbonyl (C=O) groups excluding carboxylic acids is 1. The number of rotatable bonds is 4. The van der Waals surface area contributed by atoms with Gasteiger partial charge >= 0.3 is 6.03 Å². The number of urea groups is 1. The summed E-state index contributed by atoms with van der Waals surface area (Å²) in [6.45, 7) is 3.91. The summed E-state index contributed by atoms with van der Waals surface area (Å²) in [5.41, 5.74) is 11.9. The first-order valence-electron chi connectivity index (χ1n) is 9.23. The van der Waals surface area contributed by atoms with Crippen molar-refractivity contribution in [1.82, 2.24) is 10.1 Å². The third-order valence-electron chi connectivity index (χ3n) is 4.60. The first-order chi connectivity index (χ1) is 14.0. The smallest absolute Gasteiger partial charge is 0.323 e. The fourth-order valence-electron chi connectivity index (χ4n) is 3.18. The van der Waals surface area contributed by atoms with E-state index in [9.17, 15) is 4.79 Å². The van der Waals surface area contributed by atoms with Crippen LogP contribution in [0.25, 0.3) is 11.1 Å². The number of nitrogens with zero attached hydrogens (tertiary/aromatic N) is 2. The fourth-order valence-corrected chi connectivity index (χ4v) is 3.18. The zero-order valence-corrected chi connectivity index (χ0v) is 16.2. The Balaban J connectivity index is 1.45. The van der Waals surface area contributed by atoms with E-state index in [1.807, 2.05) is 68.4 Å². The van der Waals surface area contributed by atoms with Gasteiger partial charge < -0.3 is 20.9 Å². The van der Waals surface area contributed by atoms with Gasteiger partial charge in [0, 0.05) is 17.1 Å². The zero-order valence-electron chi connectivity index (χ0n) is 16.2. The Morgan fingerprint density at radius 2 is 1.62 bits per heavy atom. The molecule has 0 saturated carbocycles. The largest absolute Gasteiger partial charge is 0.380 e. The standard InChI is InChI=1S/C22H21N5O2/c1-13-3-7-17(8-4-13)25-22(28)26-18-9-5-15(6-10-18)12-16-11-14(2)24-21-19(16)20(23)27-29-21/h3-11H,12H2,1-2H3,(H2,23,27)(H2,25,26,28). The molecule has 7 heteroatoms. The predicted octanol–water partition coefficient (Wildman–Crippen LogP) is 4.66. The number of carbonyl (C=O) groups is 1. The maximum Gasteiger partial charge on any atom is 0.323 e. The molecule has 0 unspecified atom stereocenters. The average Bonchev–Trinajstić information content (AvgIpc) is 3.06. The van der Waals surface area contributed by atoms with Gasteiger partial charge in [-0.15, -0.1) is 0 Å². The highest BCUT2D eigenvalue weighted by atomic mass is 16.5. The minimum atomic E-state index is -0.287. The van der Waals surface area contributed by atoms with Crippen molar-refractivity contribution < 1.29 is 9.32 Å². The highest BCUT2D eigenvalue weighted by Crippen LogP contribution is 2.26. The maximum absolute atomic E-state index is 12.2. The van der Waals surface area contributed by atoms with Crippen LogP contribution in [0, 0.1) is 13.8 Å². The highest BCUT2D eigenvalue weighted by molar-refractivity contribution is 5.99. The SMILES string of the molecule is Cc1ccc(NC(=O)Nc2ccc(Cc3cc(C)nc4onc(N)c34)cc2)cc1. The van der Waals surface area contributed by atoms with Gasteiger partial charge in [0.1, 0.15) is 0 Å². The monoisotopic (exact) mass is 387 g/mol. The molecular weight excluding hydrogens is 366 g/mol. The van der Waals surface area contributed by atoms with Crippen LogP contribution in [-0.2, 0) is 6.42 Å². The van der Waals surface area contributed by atoms with Gasteiger partial charge in [0.05, 0.1) is 5.39 Å². The van der Waals surface area contributed by atoms with Crippen molar-refractivity contribution in [3.63, 3.8) is 0 Å². The zero-order chi connectivity index (χ0) is 20.4. The summed E-state index contributed by atoms with van der Waals surface area (Å²) in [5, 5.41) is 10.2. The number of anilines is 3. The molecule has 4 aromatic rings. The number of benzene rings is 2. The van der Waals surface area contributed by atoms with Crippen LogP contribution in [0.1, 0.15) is 22.4 Å². The molecule has 0 saturated heterocycles. The molecule has 4 N–H and O–H groups in total. The number of nitrogen functional groups attached to an aromatic ring is 1. The molecule has 0 aliphatic heterocycles. The Morgan fingerprint density at radius 1 is 1.00 bits per heavy atom. The lowest BCUT2D eigenvalue weighted by Crippen LogP contribution is -2.19. The number of aromatic nitrogens is 2. The van der Waals surface area contributed by atoms with Gasteiger partial charge in [-0.05, 0) is 61.7 Å². The molecule has 0 atom stereocenters. The molecule has 2 aromatic heterocycles. The topological polar surface area (TPSA) is 106 Å². The van der Waals surface area contributed by atoms with Crippen molar-refractivity contribution >= 4 is 34.3 Å². The predicted molar refractivity (Wildman–Crippen MR) is 114 cm³/mol. The normalized spacial score (nSPS) is 10.8. The number of nitrogens with two attached hydrogens (primary N) is 1. The Morgan fingerprint density at radius 3 is 2.28 bits per heavy atom. The van der Waals surface area contributed by atoms with Gasteiger partial charge in [0.25, 0.3) is 5.71 Å². The minimum Gasteiger partial charge on any atom is -0.380 e. The third-order valence-corrected chi connectivity index (χ3v) is 4.60. The summed E-state index contributed by atoms with van der Waals surface area (Å²) < 4.78 is 5.19. The fraction of sp³-hybridized carbons (Fsp3) is 0.136. The highest BCUT2D eigenvalue weighted by Gasteiger charge is 2.13. The van der Waals surface area contributed by atoms with E-state index in [0.717, 1.165) is 33.5 Å². The number of hydrogen-bond acceptors (Lipinski definition) is 5. The minimum absolute atomic E-state index is 0.287. The second-order valence-corrected chi connectivity index (χ2v) is 6.99. The van der Waals surface area contributed by atoms with Gasteiger partial charge in [0.2, 0.25) is 0 Å². The summed E-state index contributed by atoms with van der Waals surface area (Å²) in [7, 11) is 0. The summed E-state index contributed by atoms with van der Waals surface area (Å²) in [4.78, 5) is 16.5. The van der Waals surface area contributed by atoms with Gasteiger partial charge in [0.15, 0.2) is 5.82 Å². The van der Waals surface area contributed by atoms with E-state index >= 15 is 0 Å². The van der Waals surface area contributed by atoms with Crippen LogP contribution in [-0.4, -0.2) is 16.2 Å². The number of amides is 2. The first kappa shape index (κ1) is 18.5. The van der Waals surface area contributed by atoms with Gasteiger partial charge in [-0.25, -0.2) is 9.78 Å². The van der Waals surface area contributed by atoms with E-state index in [0.29, 0.717) is 23.6 Å². The summed E-state index contributed by atoms with van der Waals surface area (Å²) in [5.74, 6) is 0.341. The molecular formula is C22H21N5O2. The van der Waals surface area contributed by atoms with Crippen molar-refractivity contribution in [3.8, 4) is 0 Å². The van der Waals surface area contributed by atoms with Gasteiger partial charge in [-0.1, -0.05) is 35.0 Å². The lowest BCUT2D eigenvalue weighted by atomic mass is 10.0. The van der Waals surface area contributed by atoms with E-state index in [-0.39, 0.29) is 6.03 Å². The van der Waals surface area contributed by atoms with E-state index < -0.39 is 0 Å². The van der Waals surface area contributed by atoms with Crippen LogP contribution >= 0.6 is 0 Å². The molecule has 146 valence electrons. The number of pyridine rings is 1. The number of fused-ring (bicyclic) bond motifs is 1. The summed E-state index contributed by atoms with van der Waals surface area (Å²) in [6, 6.07) is 17.0. The number of nitrogens with one attached hydrogen (secondary N) is 2. The quantitative estimate of drug-likeness (QED) is 0.472. The molecule has 0 bridgehead atoms. The second-order valence-electron chi connectivity index (χ2n) is 6.99. The van der Waals surface area contributed by atoms with Crippen molar-refractivity contribution in [1.29, 1.82) is 0 Å². The lowest BCUT2D eigenvalue weighted by molar-refractivity contribution is 0.262. The molecule has 0 radical (unpaired) electrons. The van der Waals surface area contributed by atoms with E-state index in [1.54, 1.807) is 0 Å². The van der Waals surface area contributed by atoms with Crippen LogP contribution in [0.4, 0.5) is 22.0 Å². The molecule has 0 aliphatic rings. The van der Waals surface area contributed by atoms with Crippen LogP contribution < -0.4 is 16.4 Å². The molecule has 0 spiro atoms. The molecule has 7 nitrogen and oxygen atoms in total. The van der Waals surface area contributed by atoms with Crippen molar-refractivity contribution in [2.75, 3.05) is 16.4 Å². The Hall–Kier alpha value is -3.87. The molecule has 0 aliphatic carbocycles. The molecule has 2 amide bonds. The van der Waals surface area contributed by atoms with Crippen LogP contribution in [0.3, 0.4) is 0 Å². The molecule has 2 heterocycles. The molecule has 29 heavy (non-hydrogen) atoms. The maximum atomic E-state index is 12.2. The van der Waals surface area contributed by atoms with Gasteiger partial charge in [-0.2, -0.15) is 0 Å². The summed E-state index contributed by atoms with van der Waals surface area (Å²) >= 11 is 0. The lowest BCUT2D eigenvalue weighted by Gasteiger charge is -2.09. The third kappa shape index (κ3) is 4.19. The Bertz CT molecular complexity index is 1160. The van der Waals surface area contributed by atoms with Crippen molar-refractivity contribution in [2.45, 2.75) is 20.3 Å². The number of aryl methyl sites for hydroxylation is 2. The average molecular weight is 387 g/mol. The van der Waals surface area contributed by atoms with Crippen LogP contribution in [0.15, 0.2) is 59.1 Å². The van der Waals surface area contributed by atoms with Crippen molar-refractivity contribution in [2.24, 2.45) is 0 Å². The molecule has 2 aromatic carbocycles. The molecule has 4 rings (SSSR count). The first-order valence-corrected chi connectivity index (χ1v) is 9.23. The van der Waals surface area contributed by atoms with Crippen LogP contribution in [0.5, 0.6) is 0 Å². The van der Waals surface area contributed by atoms with E-state index in [2.05, 4.69) is 20.8 Å². The van der Waals surface area contributed by atoms with E-state index in [1.165, 1.54) is 0 Å². The van der Waals surface area contributed by atoms with Crippen molar-refractivity contribution in [3.05, 3.63) is 77.0 Å². The van der Waals surface area contributed by atoms with Crippen LogP contribution in [0.2, 0.25) is 0 Å². The summed E-state index contributed by atoms with van der Waals surface area (Å²) in [6.07, 6.45) is 0.654. The Kier molecular flexibility index (Phi) is 4.87. The Labute approximate surface area is 167 Å². The number of hydrogen-bond donors (Lipinski definition) is 3. The van der Waals surface area contributed by atoms with Gasteiger partial charge in [-0.3, -0.25) is 0 Å². The van der Waals surface area contributed by atoms with E-state index in [4.69, 9.17) is 10.3 Å².